The minimum Gasteiger partial charge on any atom is -0.480 e. The average Bonchev–Trinajstić information content (AvgIpc) is 2.26. The number of hydrogen-bond donors (Lipinski definition) is 2. The van der Waals surface area contributed by atoms with E-state index in [1.807, 2.05) is 25.7 Å². The second-order valence-corrected chi connectivity index (χ2v) is 6.64. The Morgan fingerprint density at radius 1 is 1.32 bits per heavy atom. The number of carbonyl (C=O) groups is 2. The summed E-state index contributed by atoms with van der Waals surface area (Å²) in [6.45, 7) is 9.92. The number of aliphatic carboxylic acids is 1. The summed E-state index contributed by atoms with van der Waals surface area (Å²) in [7, 11) is 0. The van der Waals surface area contributed by atoms with E-state index >= 15 is 0 Å². The first-order chi connectivity index (χ1) is 8.58. The Hall–Kier alpha value is -1.10. The number of piperidine rings is 1. The molecule has 0 radical (unpaired) electrons. The van der Waals surface area contributed by atoms with Crippen molar-refractivity contribution in [3.05, 3.63) is 0 Å². The van der Waals surface area contributed by atoms with Gasteiger partial charge < -0.3 is 10.4 Å². The molecule has 0 bridgehead atoms. The second-order valence-electron chi connectivity index (χ2n) is 6.64. The molecule has 0 saturated carbocycles. The van der Waals surface area contributed by atoms with Gasteiger partial charge in [-0.3, -0.25) is 14.5 Å². The van der Waals surface area contributed by atoms with Crippen molar-refractivity contribution in [2.45, 2.75) is 71.0 Å². The van der Waals surface area contributed by atoms with Crippen LogP contribution in [0.4, 0.5) is 0 Å². The fraction of sp³-hybridized carbons (Fsp3) is 0.857. The van der Waals surface area contributed by atoms with E-state index in [1.54, 1.807) is 13.8 Å². The van der Waals surface area contributed by atoms with Crippen molar-refractivity contribution in [2.75, 3.05) is 6.54 Å². The van der Waals surface area contributed by atoms with E-state index in [9.17, 15) is 14.7 Å². The number of nitrogens with one attached hydrogen (secondary N) is 1. The van der Waals surface area contributed by atoms with Crippen molar-refractivity contribution in [2.24, 2.45) is 0 Å². The van der Waals surface area contributed by atoms with E-state index < -0.39 is 17.6 Å². The quantitative estimate of drug-likeness (QED) is 0.817. The highest BCUT2D eigenvalue weighted by Gasteiger charge is 2.45. The van der Waals surface area contributed by atoms with Crippen LogP contribution in [0.2, 0.25) is 0 Å². The summed E-state index contributed by atoms with van der Waals surface area (Å²) in [5.74, 6) is -0.954. The van der Waals surface area contributed by atoms with Gasteiger partial charge in [0.2, 0.25) is 5.91 Å². The van der Waals surface area contributed by atoms with Crippen molar-refractivity contribution in [3.63, 3.8) is 0 Å². The zero-order chi connectivity index (χ0) is 14.8. The molecular formula is C14H26N2O3. The Balaban J connectivity index is 2.86. The molecule has 1 rings (SSSR count). The lowest BCUT2D eigenvalue weighted by Gasteiger charge is -2.44. The first-order valence-electron chi connectivity index (χ1n) is 6.90. The molecular weight excluding hydrogens is 244 g/mol. The molecule has 0 aromatic carbocycles. The van der Waals surface area contributed by atoms with Crippen molar-refractivity contribution in [3.8, 4) is 0 Å². The van der Waals surface area contributed by atoms with Crippen molar-refractivity contribution in [1.82, 2.24) is 10.2 Å². The lowest BCUT2D eigenvalue weighted by molar-refractivity contribution is -0.156. The third kappa shape index (κ3) is 3.69. The first-order valence-corrected chi connectivity index (χ1v) is 6.90. The van der Waals surface area contributed by atoms with E-state index in [-0.39, 0.29) is 11.4 Å². The third-order valence-electron chi connectivity index (χ3n) is 3.75. The zero-order valence-electron chi connectivity index (χ0n) is 12.6. The second kappa shape index (κ2) is 5.49. The zero-order valence-corrected chi connectivity index (χ0v) is 12.6. The lowest BCUT2D eigenvalue weighted by atomic mass is 9.87. The van der Waals surface area contributed by atoms with E-state index in [0.29, 0.717) is 13.0 Å². The Labute approximate surface area is 115 Å². The first kappa shape index (κ1) is 16.0. The maximum absolute atomic E-state index is 12.2. The predicted octanol–water partition coefficient (Wildman–Crippen LogP) is 1.62. The van der Waals surface area contributed by atoms with E-state index in [2.05, 4.69) is 5.32 Å². The van der Waals surface area contributed by atoms with Gasteiger partial charge in [-0.2, -0.15) is 0 Å². The van der Waals surface area contributed by atoms with Gasteiger partial charge in [0.1, 0.15) is 5.54 Å². The van der Waals surface area contributed by atoms with Crippen LogP contribution < -0.4 is 5.32 Å². The summed E-state index contributed by atoms with van der Waals surface area (Å²) in [6.07, 6.45) is 2.43. The third-order valence-corrected chi connectivity index (χ3v) is 3.75. The standard InChI is InChI=1S/C14H26N2O3/c1-10(11(17)15-13(2,3)4)16-9-7-6-8-14(16,5)12(18)19/h10H,6-9H2,1-5H3,(H,15,17)(H,18,19). The number of carboxylic acid groups (broad SMARTS) is 1. The van der Waals surface area contributed by atoms with E-state index in [0.717, 1.165) is 12.8 Å². The van der Waals surface area contributed by atoms with Crippen molar-refractivity contribution < 1.29 is 14.7 Å². The Bertz CT molecular complexity index is 362. The van der Waals surface area contributed by atoms with E-state index in [1.165, 1.54) is 0 Å². The SMILES string of the molecule is CC(C(=O)NC(C)(C)C)N1CCCCC1(C)C(=O)O. The normalized spacial score (nSPS) is 26.8. The van der Waals surface area contributed by atoms with Crippen molar-refractivity contribution in [1.29, 1.82) is 0 Å². The molecule has 1 heterocycles. The highest BCUT2D eigenvalue weighted by Crippen LogP contribution is 2.30. The molecule has 1 fully saturated rings. The number of carboxylic acids is 1. The van der Waals surface area contributed by atoms with Crippen LogP contribution in [0.25, 0.3) is 0 Å². The minimum atomic E-state index is -0.938. The molecule has 110 valence electrons. The summed E-state index contributed by atoms with van der Waals surface area (Å²) in [6, 6.07) is -0.430. The van der Waals surface area contributed by atoms with Gasteiger partial charge in [-0.05, 0) is 53.9 Å². The molecule has 2 atom stereocenters. The number of carbonyl (C=O) groups excluding carboxylic acids is 1. The van der Waals surface area contributed by atoms with E-state index in [4.69, 9.17) is 0 Å². The van der Waals surface area contributed by atoms with Crippen LogP contribution in [0.1, 0.15) is 53.9 Å². The van der Waals surface area contributed by atoms with Crippen LogP contribution in [0, 0.1) is 0 Å². The summed E-state index contributed by atoms with van der Waals surface area (Å²) >= 11 is 0. The Morgan fingerprint density at radius 2 is 1.89 bits per heavy atom. The fourth-order valence-corrected chi connectivity index (χ4v) is 2.61. The number of hydrogen-bond acceptors (Lipinski definition) is 3. The summed E-state index contributed by atoms with van der Waals surface area (Å²) in [4.78, 5) is 25.6. The molecule has 5 nitrogen and oxygen atoms in total. The molecule has 0 aromatic rings. The summed E-state index contributed by atoms with van der Waals surface area (Å²) in [5, 5.41) is 12.4. The van der Waals surface area contributed by atoms with Gasteiger partial charge in [0, 0.05) is 12.1 Å². The van der Waals surface area contributed by atoms with Gasteiger partial charge in [-0.15, -0.1) is 0 Å². The number of rotatable bonds is 3. The lowest BCUT2D eigenvalue weighted by Crippen LogP contribution is -2.62. The maximum Gasteiger partial charge on any atom is 0.323 e. The number of likely N-dealkylation sites (tertiary alicyclic amines) is 1. The molecule has 2 N–H and O–H groups in total. The Morgan fingerprint density at radius 3 is 2.37 bits per heavy atom. The van der Waals surface area contributed by atoms with Crippen LogP contribution in [0.15, 0.2) is 0 Å². The molecule has 0 aliphatic carbocycles. The van der Waals surface area contributed by atoms with Gasteiger partial charge in [0.15, 0.2) is 0 Å². The molecule has 1 aliphatic rings. The molecule has 1 saturated heterocycles. The molecule has 2 unspecified atom stereocenters. The predicted molar refractivity (Wildman–Crippen MR) is 74.0 cm³/mol. The minimum absolute atomic E-state index is 0.109. The largest absolute Gasteiger partial charge is 0.480 e. The van der Waals surface area contributed by atoms with Crippen LogP contribution in [0.3, 0.4) is 0 Å². The van der Waals surface area contributed by atoms with Gasteiger partial charge in [-0.25, -0.2) is 0 Å². The summed E-state index contributed by atoms with van der Waals surface area (Å²) in [5.41, 5.74) is -1.24. The van der Waals surface area contributed by atoms with Crippen LogP contribution in [-0.2, 0) is 9.59 Å². The van der Waals surface area contributed by atoms with Crippen molar-refractivity contribution >= 4 is 11.9 Å². The topological polar surface area (TPSA) is 69.6 Å². The highest BCUT2D eigenvalue weighted by atomic mass is 16.4. The van der Waals surface area contributed by atoms with Gasteiger partial charge in [-0.1, -0.05) is 0 Å². The maximum atomic E-state index is 12.2. The molecule has 1 amide bonds. The number of amides is 1. The molecule has 5 heteroatoms. The molecule has 0 aromatic heterocycles. The van der Waals surface area contributed by atoms with Gasteiger partial charge in [0.05, 0.1) is 6.04 Å². The average molecular weight is 270 g/mol. The molecule has 1 aliphatic heterocycles. The van der Waals surface area contributed by atoms with Gasteiger partial charge >= 0.3 is 5.97 Å². The fourth-order valence-electron chi connectivity index (χ4n) is 2.61. The molecule has 19 heavy (non-hydrogen) atoms. The van der Waals surface area contributed by atoms with Crippen LogP contribution >= 0.6 is 0 Å². The smallest absolute Gasteiger partial charge is 0.323 e. The number of nitrogens with zero attached hydrogens (tertiary/aromatic N) is 1. The summed E-state index contributed by atoms with van der Waals surface area (Å²) < 4.78 is 0. The molecule has 0 spiro atoms. The van der Waals surface area contributed by atoms with Crippen LogP contribution in [0.5, 0.6) is 0 Å². The van der Waals surface area contributed by atoms with Crippen LogP contribution in [-0.4, -0.2) is 45.5 Å². The highest BCUT2D eigenvalue weighted by molar-refractivity contribution is 5.84. The Kier molecular flexibility index (Phi) is 4.61. The monoisotopic (exact) mass is 270 g/mol. The van der Waals surface area contributed by atoms with Gasteiger partial charge in [0.25, 0.3) is 0 Å².